The highest BCUT2D eigenvalue weighted by atomic mass is 16.5. The van der Waals surface area contributed by atoms with Crippen LogP contribution in [-0.4, -0.2) is 31.3 Å². The Bertz CT molecular complexity index is 577. The Morgan fingerprint density at radius 3 is 2.84 bits per heavy atom. The van der Waals surface area contributed by atoms with Gasteiger partial charge in [-0.3, -0.25) is 0 Å². The number of anilines is 1. The van der Waals surface area contributed by atoms with E-state index in [-0.39, 0.29) is 0 Å². The predicted molar refractivity (Wildman–Crippen MR) is 109 cm³/mol. The Balaban J connectivity index is 0.00000151. The zero-order valence-electron chi connectivity index (χ0n) is 15.8. The monoisotopic (exact) mass is 340 g/mol. The lowest BCUT2D eigenvalue weighted by Gasteiger charge is -2.25. The van der Waals surface area contributed by atoms with Gasteiger partial charge in [-0.2, -0.15) is 0 Å². The Kier molecular flexibility index (Phi) is 10.3. The number of aromatic nitrogens is 1. The molecule has 3 nitrogen and oxygen atoms in total. The van der Waals surface area contributed by atoms with Crippen molar-refractivity contribution in [2.75, 3.05) is 25.1 Å². The molecule has 1 saturated heterocycles. The van der Waals surface area contributed by atoms with Crippen LogP contribution in [0.4, 0.5) is 5.82 Å². The minimum Gasteiger partial charge on any atom is -0.380 e. The van der Waals surface area contributed by atoms with Crippen LogP contribution in [0.3, 0.4) is 0 Å². The van der Waals surface area contributed by atoms with E-state index in [1.807, 2.05) is 31.2 Å². The Morgan fingerprint density at radius 1 is 1.32 bits per heavy atom. The van der Waals surface area contributed by atoms with Crippen molar-refractivity contribution in [2.45, 2.75) is 38.7 Å². The molecule has 25 heavy (non-hydrogen) atoms. The van der Waals surface area contributed by atoms with Crippen molar-refractivity contribution >= 4 is 5.82 Å². The quantitative estimate of drug-likeness (QED) is 0.531. The van der Waals surface area contributed by atoms with E-state index < -0.39 is 0 Å². The summed E-state index contributed by atoms with van der Waals surface area (Å²) in [5.74, 6) is 1.05. The van der Waals surface area contributed by atoms with E-state index in [0.29, 0.717) is 6.10 Å². The molecule has 3 heteroatoms. The van der Waals surface area contributed by atoms with Crippen LogP contribution >= 0.6 is 0 Å². The summed E-state index contributed by atoms with van der Waals surface area (Å²) in [5, 5.41) is 0. The van der Waals surface area contributed by atoms with Gasteiger partial charge < -0.3 is 9.64 Å². The Hall–Kier alpha value is -2.13. The summed E-state index contributed by atoms with van der Waals surface area (Å²) in [5.41, 5.74) is 2.13. The topological polar surface area (TPSA) is 25.4 Å². The van der Waals surface area contributed by atoms with Gasteiger partial charge in [0.1, 0.15) is 5.82 Å². The maximum atomic E-state index is 5.57. The van der Waals surface area contributed by atoms with Gasteiger partial charge in [0.25, 0.3) is 0 Å². The first-order valence-corrected chi connectivity index (χ1v) is 8.93. The predicted octanol–water partition coefficient (Wildman–Crippen LogP) is 5.12. The lowest BCUT2D eigenvalue weighted by molar-refractivity contribution is 0.103. The first kappa shape index (κ1) is 20.9. The molecule has 0 aromatic carbocycles. The summed E-state index contributed by atoms with van der Waals surface area (Å²) >= 11 is 0. The van der Waals surface area contributed by atoms with Gasteiger partial charge in [-0.25, -0.2) is 4.98 Å². The van der Waals surface area contributed by atoms with Gasteiger partial charge in [0.2, 0.25) is 0 Å². The number of hydrogen-bond acceptors (Lipinski definition) is 3. The van der Waals surface area contributed by atoms with E-state index >= 15 is 0 Å². The fourth-order valence-electron chi connectivity index (χ4n) is 2.84. The van der Waals surface area contributed by atoms with Crippen LogP contribution < -0.4 is 4.90 Å². The van der Waals surface area contributed by atoms with E-state index in [4.69, 9.17) is 9.72 Å². The molecule has 0 N–H and O–H groups in total. The summed E-state index contributed by atoms with van der Waals surface area (Å²) in [6.07, 6.45) is 12.7. The first-order valence-electron chi connectivity index (χ1n) is 8.93. The normalized spacial score (nSPS) is 18.0. The lowest BCUT2D eigenvalue weighted by atomic mass is 10.1. The van der Waals surface area contributed by atoms with Gasteiger partial charge in [-0.05, 0) is 43.9 Å². The van der Waals surface area contributed by atoms with Gasteiger partial charge >= 0.3 is 0 Å². The number of methoxy groups -OCH3 is 1. The highest BCUT2D eigenvalue weighted by Crippen LogP contribution is 2.20. The smallest absolute Gasteiger partial charge is 0.128 e. The van der Waals surface area contributed by atoms with Gasteiger partial charge in [-0.15, -0.1) is 13.2 Å². The Morgan fingerprint density at radius 2 is 2.12 bits per heavy atom. The Labute approximate surface area is 153 Å². The second-order valence-electron chi connectivity index (χ2n) is 6.01. The van der Waals surface area contributed by atoms with E-state index in [1.54, 1.807) is 7.11 Å². The van der Waals surface area contributed by atoms with Crippen molar-refractivity contribution in [1.29, 1.82) is 0 Å². The molecule has 1 aliphatic rings. The highest BCUT2D eigenvalue weighted by molar-refractivity contribution is 5.40. The van der Waals surface area contributed by atoms with Gasteiger partial charge in [0.15, 0.2) is 0 Å². The number of pyridine rings is 1. The maximum Gasteiger partial charge on any atom is 0.128 e. The molecule has 1 atom stereocenters. The number of ether oxygens (including phenoxy) is 1. The molecular formula is C22H32N2O. The van der Waals surface area contributed by atoms with Crippen LogP contribution in [0, 0.1) is 0 Å². The van der Waals surface area contributed by atoms with Crippen LogP contribution in [0.25, 0.3) is 0 Å². The zero-order chi connectivity index (χ0) is 18.5. The summed E-state index contributed by atoms with van der Waals surface area (Å²) in [7, 11) is 1.80. The number of hydrogen-bond donors (Lipinski definition) is 0. The second-order valence-corrected chi connectivity index (χ2v) is 6.01. The van der Waals surface area contributed by atoms with E-state index in [0.717, 1.165) is 43.0 Å². The summed E-state index contributed by atoms with van der Waals surface area (Å²) in [6, 6.07) is 6.26. The van der Waals surface area contributed by atoms with Crippen LogP contribution in [0.5, 0.6) is 0 Å². The molecule has 0 bridgehead atoms. The fourth-order valence-corrected chi connectivity index (χ4v) is 2.84. The van der Waals surface area contributed by atoms with Crippen molar-refractivity contribution in [2.24, 2.45) is 0 Å². The molecule has 2 heterocycles. The standard InChI is InChI=1S/C20H28N2O.C2H4/c1-4-5-6-10-17(2)15-18-11-9-13-20(21-18)22-14-8-7-12-19(16-22)23-3;1-2/h4-6,9-11,13,19H,2,7-8,12,14-16H2,1,3H3;1-2H2/b5-4-,10-6-;/t19-;/m0./s1. The van der Waals surface area contributed by atoms with E-state index in [2.05, 4.69) is 42.8 Å². The van der Waals surface area contributed by atoms with Crippen LogP contribution in [0.2, 0.25) is 0 Å². The largest absolute Gasteiger partial charge is 0.380 e. The molecule has 0 unspecified atom stereocenters. The van der Waals surface area contributed by atoms with Crippen LogP contribution in [-0.2, 0) is 11.2 Å². The number of nitrogens with zero attached hydrogens (tertiary/aromatic N) is 2. The molecule has 0 saturated carbocycles. The van der Waals surface area contributed by atoms with Gasteiger partial charge in [0, 0.05) is 32.3 Å². The fraction of sp³-hybridized carbons (Fsp3) is 0.409. The first-order chi connectivity index (χ1) is 12.2. The average molecular weight is 341 g/mol. The summed E-state index contributed by atoms with van der Waals surface area (Å²) in [6.45, 7) is 14.1. The molecule has 1 fully saturated rings. The van der Waals surface area contributed by atoms with Crippen LogP contribution in [0.15, 0.2) is 67.8 Å². The third-order valence-electron chi connectivity index (χ3n) is 4.12. The molecule has 0 amide bonds. The molecular weight excluding hydrogens is 308 g/mol. The van der Waals surface area contributed by atoms with Crippen molar-refractivity contribution < 1.29 is 4.74 Å². The molecule has 1 aromatic heterocycles. The summed E-state index contributed by atoms with van der Waals surface area (Å²) in [4.78, 5) is 7.18. The zero-order valence-corrected chi connectivity index (χ0v) is 15.8. The second kappa shape index (κ2) is 12.3. The highest BCUT2D eigenvalue weighted by Gasteiger charge is 2.18. The molecule has 0 aliphatic carbocycles. The SMILES string of the molecule is C=C.C=C(/C=C\C=C/C)Cc1cccc(N2CCCC[C@H](OC)C2)n1. The third-order valence-corrected chi connectivity index (χ3v) is 4.12. The number of rotatable bonds is 6. The van der Waals surface area contributed by atoms with Crippen molar-refractivity contribution in [3.05, 3.63) is 73.5 Å². The minimum atomic E-state index is 0.307. The van der Waals surface area contributed by atoms with Gasteiger partial charge in [0.05, 0.1) is 6.10 Å². The van der Waals surface area contributed by atoms with Crippen LogP contribution in [0.1, 0.15) is 31.9 Å². The van der Waals surface area contributed by atoms with E-state index in [9.17, 15) is 0 Å². The van der Waals surface area contributed by atoms with Gasteiger partial charge in [-0.1, -0.05) is 36.9 Å². The minimum absolute atomic E-state index is 0.307. The van der Waals surface area contributed by atoms with Crippen molar-refractivity contribution in [3.8, 4) is 0 Å². The molecule has 0 radical (unpaired) electrons. The average Bonchev–Trinajstić information content (AvgIpc) is 2.89. The number of allylic oxidation sites excluding steroid dienone is 5. The molecule has 2 rings (SSSR count). The maximum absolute atomic E-state index is 5.57. The molecule has 0 spiro atoms. The lowest BCUT2D eigenvalue weighted by Crippen LogP contribution is -2.32. The molecule has 1 aromatic rings. The van der Waals surface area contributed by atoms with Crippen molar-refractivity contribution in [3.63, 3.8) is 0 Å². The third kappa shape index (κ3) is 7.53. The van der Waals surface area contributed by atoms with Crippen molar-refractivity contribution in [1.82, 2.24) is 4.98 Å². The van der Waals surface area contributed by atoms with E-state index in [1.165, 1.54) is 12.8 Å². The summed E-state index contributed by atoms with van der Waals surface area (Å²) < 4.78 is 5.57. The molecule has 136 valence electrons. The molecule has 1 aliphatic heterocycles.